The second-order valence-electron chi connectivity index (χ2n) is 6.95. The topological polar surface area (TPSA) is 77.0 Å². The number of hydrogen-bond acceptors (Lipinski definition) is 5. The van der Waals surface area contributed by atoms with Gasteiger partial charge in [-0.2, -0.15) is 10.1 Å². The van der Waals surface area contributed by atoms with Gasteiger partial charge in [0.2, 0.25) is 5.91 Å². The average molecular weight is 365 g/mol. The minimum Gasteiger partial charge on any atom is -0.338 e. The summed E-state index contributed by atoms with van der Waals surface area (Å²) in [5, 5.41) is 8.41. The first-order chi connectivity index (χ1) is 13.1. The summed E-state index contributed by atoms with van der Waals surface area (Å²) in [6.07, 6.45) is 3.12. The van der Waals surface area contributed by atoms with Gasteiger partial charge in [0, 0.05) is 44.2 Å². The lowest BCUT2D eigenvalue weighted by Crippen LogP contribution is -2.36. The van der Waals surface area contributed by atoms with E-state index in [-0.39, 0.29) is 5.91 Å². The molecule has 1 amide bonds. The van der Waals surface area contributed by atoms with E-state index in [0.717, 1.165) is 37.1 Å². The van der Waals surface area contributed by atoms with E-state index in [1.54, 1.807) is 6.92 Å². The normalized spacial score (nSPS) is 13.6. The Kier molecular flexibility index (Phi) is 4.75. The number of aromatic nitrogens is 4. The average Bonchev–Trinajstić information content (AvgIpc) is 3.25. The molecule has 140 valence electrons. The van der Waals surface area contributed by atoms with Crippen molar-refractivity contribution in [3.8, 4) is 11.6 Å². The molecule has 0 N–H and O–H groups in total. The maximum atomic E-state index is 12.7. The highest BCUT2D eigenvalue weighted by Crippen LogP contribution is 2.29. The molecule has 0 atom stereocenters. The zero-order chi connectivity index (χ0) is 18.8. The van der Waals surface area contributed by atoms with Crippen LogP contribution in [0.3, 0.4) is 0 Å². The van der Waals surface area contributed by atoms with Crippen molar-refractivity contribution in [1.82, 2.24) is 24.8 Å². The van der Waals surface area contributed by atoms with Gasteiger partial charge in [0.05, 0.1) is 0 Å². The minimum atomic E-state index is 0.188. The van der Waals surface area contributed by atoms with Gasteiger partial charge in [-0.05, 0) is 25.3 Å². The molecule has 2 aromatic heterocycles. The molecule has 0 unspecified atom stereocenters. The van der Waals surface area contributed by atoms with Crippen LogP contribution in [0.4, 0.5) is 0 Å². The van der Waals surface area contributed by atoms with Gasteiger partial charge in [0.1, 0.15) is 0 Å². The van der Waals surface area contributed by atoms with Crippen molar-refractivity contribution in [2.24, 2.45) is 7.05 Å². The number of hydrogen-bond donors (Lipinski definition) is 0. The number of fused-ring (bicyclic) bond motifs is 1. The fourth-order valence-electron chi connectivity index (χ4n) is 3.62. The number of carbonyl (C=O) groups is 1. The van der Waals surface area contributed by atoms with Crippen LogP contribution in [0.5, 0.6) is 0 Å². The Balaban J connectivity index is 1.43. The Bertz CT molecular complexity index is 945. The van der Waals surface area contributed by atoms with Crippen LogP contribution in [-0.2, 0) is 31.2 Å². The molecule has 1 aliphatic heterocycles. The fourth-order valence-corrected chi connectivity index (χ4v) is 3.62. The molecule has 3 aromatic rings. The van der Waals surface area contributed by atoms with E-state index in [9.17, 15) is 4.79 Å². The molecule has 1 aliphatic rings. The van der Waals surface area contributed by atoms with Crippen molar-refractivity contribution >= 4 is 5.91 Å². The molecule has 27 heavy (non-hydrogen) atoms. The first kappa shape index (κ1) is 17.5. The third-order valence-electron chi connectivity index (χ3n) is 5.02. The highest BCUT2D eigenvalue weighted by molar-refractivity contribution is 5.77. The molecule has 0 fully saturated rings. The number of nitrogens with zero attached hydrogens (tertiary/aromatic N) is 5. The summed E-state index contributed by atoms with van der Waals surface area (Å²) in [7, 11) is 1.92. The first-order valence-electron chi connectivity index (χ1n) is 9.29. The minimum absolute atomic E-state index is 0.188. The fraction of sp³-hybridized carbons (Fsp3) is 0.400. The molecule has 0 radical (unpaired) electrons. The van der Waals surface area contributed by atoms with Gasteiger partial charge in [-0.15, -0.1) is 0 Å². The van der Waals surface area contributed by atoms with Crippen LogP contribution < -0.4 is 0 Å². The highest BCUT2D eigenvalue weighted by atomic mass is 16.5. The Hall–Kier alpha value is -2.96. The van der Waals surface area contributed by atoms with Crippen molar-refractivity contribution in [1.29, 1.82) is 0 Å². The molecule has 3 heterocycles. The molecule has 0 saturated heterocycles. The number of carbonyl (C=O) groups excluding carboxylic acids is 1. The monoisotopic (exact) mass is 365 g/mol. The molecular formula is C20H23N5O2. The number of benzene rings is 1. The molecule has 4 rings (SSSR count). The lowest BCUT2D eigenvalue weighted by molar-refractivity contribution is -0.132. The molecule has 0 bridgehead atoms. The Morgan fingerprint density at radius 1 is 1.26 bits per heavy atom. The summed E-state index contributed by atoms with van der Waals surface area (Å²) in [6.45, 7) is 3.05. The summed E-state index contributed by atoms with van der Waals surface area (Å²) in [5.41, 5.74) is 4.11. The van der Waals surface area contributed by atoms with Gasteiger partial charge < -0.3 is 9.42 Å². The Morgan fingerprint density at radius 2 is 2.07 bits per heavy atom. The number of rotatable bonds is 5. The third-order valence-corrected chi connectivity index (χ3v) is 5.02. The van der Waals surface area contributed by atoms with Gasteiger partial charge in [-0.25, -0.2) is 0 Å². The molecule has 7 nitrogen and oxygen atoms in total. The molecule has 0 spiro atoms. The summed E-state index contributed by atoms with van der Waals surface area (Å²) in [5.74, 6) is 1.19. The summed E-state index contributed by atoms with van der Waals surface area (Å²) < 4.78 is 7.16. The lowest BCUT2D eigenvalue weighted by atomic mass is 10.0. The zero-order valence-electron chi connectivity index (χ0n) is 15.7. The lowest BCUT2D eigenvalue weighted by Gasteiger charge is -2.27. The molecule has 7 heteroatoms. The van der Waals surface area contributed by atoms with Crippen LogP contribution in [0.15, 0.2) is 34.9 Å². The molecule has 0 saturated carbocycles. The highest BCUT2D eigenvalue weighted by Gasteiger charge is 2.28. The Labute approximate surface area is 158 Å². The van der Waals surface area contributed by atoms with E-state index in [1.807, 2.05) is 34.8 Å². The van der Waals surface area contributed by atoms with Crippen molar-refractivity contribution in [3.63, 3.8) is 0 Å². The standard InChI is InChI=1S/C20H23N5O2/c1-14-21-20(27-23-14)19-16-13-25(12-11-17(16)24(2)22-19)18(26)10-6-9-15-7-4-3-5-8-15/h3-5,7-8H,6,9-13H2,1-2H3. The van der Waals surface area contributed by atoms with E-state index in [0.29, 0.717) is 30.4 Å². The van der Waals surface area contributed by atoms with Crippen LogP contribution in [0.2, 0.25) is 0 Å². The second kappa shape index (κ2) is 7.34. The summed E-state index contributed by atoms with van der Waals surface area (Å²) in [6, 6.07) is 10.3. The van der Waals surface area contributed by atoms with Crippen molar-refractivity contribution in [2.45, 2.75) is 39.2 Å². The Morgan fingerprint density at radius 3 is 2.81 bits per heavy atom. The summed E-state index contributed by atoms with van der Waals surface area (Å²) >= 11 is 0. The van der Waals surface area contributed by atoms with Gasteiger partial charge in [-0.3, -0.25) is 9.48 Å². The number of amides is 1. The van der Waals surface area contributed by atoms with Crippen molar-refractivity contribution in [2.75, 3.05) is 6.54 Å². The van der Waals surface area contributed by atoms with Crippen molar-refractivity contribution < 1.29 is 9.32 Å². The van der Waals surface area contributed by atoms with Crippen LogP contribution in [0.25, 0.3) is 11.6 Å². The predicted octanol–water partition coefficient (Wildman–Crippen LogP) is 2.69. The second-order valence-corrected chi connectivity index (χ2v) is 6.95. The maximum absolute atomic E-state index is 12.7. The first-order valence-corrected chi connectivity index (χ1v) is 9.29. The van der Waals surface area contributed by atoms with Gasteiger partial charge in [0.25, 0.3) is 5.89 Å². The zero-order valence-corrected chi connectivity index (χ0v) is 15.7. The quantitative estimate of drug-likeness (QED) is 0.695. The summed E-state index contributed by atoms with van der Waals surface area (Å²) in [4.78, 5) is 18.9. The largest absolute Gasteiger partial charge is 0.338 e. The van der Waals surface area contributed by atoms with E-state index < -0.39 is 0 Å². The van der Waals surface area contributed by atoms with Crippen LogP contribution in [0.1, 0.15) is 35.5 Å². The van der Waals surface area contributed by atoms with Crippen molar-refractivity contribution in [3.05, 3.63) is 53.0 Å². The van der Waals surface area contributed by atoms with Gasteiger partial charge in [-0.1, -0.05) is 35.5 Å². The number of aryl methyl sites for hydroxylation is 3. The SMILES string of the molecule is Cc1noc(-c2nn(C)c3c2CN(C(=O)CCCc2ccccc2)CC3)n1. The predicted molar refractivity (Wildman–Crippen MR) is 99.7 cm³/mol. The van der Waals surface area contributed by atoms with E-state index in [2.05, 4.69) is 27.4 Å². The van der Waals surface area contributed by atoms with E-state index in [4.69, 9.17) is 4.52 Å². The maximum Gasteiger partial charge on any atom is 0.278 e. The van der Waals surface area contributed by atoms with Gasteiger partial charge in [0.15, 0.2) is 11.5 Å². The smallest absolute Gasteiger partial charge is 0.278 e. The van der Waals surface area contributed by atoms with Crippen LogP contribution in [0, 0.1) is 6.92 Å². The van der Waals surface area contributed by atoms with Crippen LogP contribution in [-0.4, -0.2) is 37.3 Å². The molecule has 0 aliphatic carbocycles. The molecular weight excluding hydrogens is 342 g/mol. The molecule has 1 aromatic carbocycles. The van der Waals surface area contributed by atoms with E-state index in [1.165, 1.54) is 5.56 Å². The van der Waals surface area contributed by atoms with E-state index >= 15 is 0 Å². The third kappa shape index (κ3) is 3.63. The van der Waals surface area contributed by atoms with Gasteiger partial charge >= 0.3 is 0 Å². The van der Waals surface area contributed by atoms with Crippen LogP contribution >= 0.6 is 0 Å².